The van der Waals surface area contributed by atoms with Gasteiger partial charge < -0.3 is 104 Å². The maximum absolute atomic E-state index is 13.8. The van der Waals surface area contributed by atoms with Gasteiger partial charge in [0.2, 0.25) is 47.3 Å². The predicted molar refractivity (Wildman–Crippen MR) is 563 cm³/mol. The van der Waals surface area contributed by atoms with Crippen LogP contribution in [0.1, 0.15) is 235 Å². The molecule has 6 aromatic carbocycles. The largest absolute Gasteiger partial charge is 1.00 e. The van der Waals surface area contributed by atoms with Crippen LogP contribution in [-0.4, -0.2) is 210 Å². The fourth-order valence-electron chi connectivity index (χ4n) is 14.6. The summed E-state index contributed by atoms with van der Waals surface area (Å²) in [5.74, 6) is -9.87. The molecular formula is C110H161ClF3N12NaO23. The quantitative estimate of drug-likeness (QED) is 0.00730. The van der Waals surface area contributed by atoms with E-state index in [9.17, 15) is 95.3 Å². The van der Waals surface area contributed by atoms with Crippen LogP contribution in [0.15, 0.2) is 164 Å². The topological polar surface area (TPSA) is 531 Å². The zero-order valence-corrected chi connectivity index (χ0v) is 93.5. The SMILES string of the molecule is CC(C)C[C@@H](NC(=O)[C@@H](Cc1ccccc1)NC(=O)[C@H](C)Cc1ccc(F)cc1)C(=O)N[C@H](CCCCNC(=O)OC(C)(C)C)C(=O)O.CC(C)C[C@@H](NC(=O)[C@@H](Cc1ccccc1)NC(=O)[C@H](C)Cc1ccc(F)cc1)C(=O)O.COC(=O)[C@@H](CCCCNC(=O)OC(C)(C)C)NC(=O)[C@@H](CC(C)C)NC(=O)[C@@H](Cc1ccccc1)NC(=O)[C@H](C)Cc1ccc(F)cc1.COC(=O)[C@H](N)CCCCNC(=O)OC(C)(C)C.Cl.[Na+].[OH-]. The molecule has 0 aliphatic rings. The molecule has 828 valence electrons. The van der Waals surface area contributed by atoms with Gasteiger partial charge >= 0.3 is 71.7 Å². The number of carboxylic acid groups (broad SMARTS) is 2. The van der Waals surface area contributed by atoms with Crippen molar-refractivity contribution < 1.29 is 154 Å². The molecule has 0 bridgehead atoms. The van der Waals surface area contributed by atoms with Gasteiger partial charge in [-0.25, -0.2) is 41.9 Å². The molecule has 0 unspecified atom stereocenters. The first-order valence-electron chi connectivity index (χ1n) is 50.1. The summed E-state index contributed by atoms with van der Waals surface area (Å²) < 4.78 is 64.8. The van der Waals surface area contributed by atoms with E-state index in [0.29, 0.717) is 64.5 Å². The van der Waals surface area contributed by atoms with E-state index in [0.717, 1.165) is 46.2 Å². The van der Waals surface area contributed by atoms with E-state index in [1.165, 1.54) is 50.6 Å². The van der Waals surface area contributed by atoms with Gasteiger partial charge in [-0.2, -0.15) is 0 Å². The molecule has 16 N–H and O–H groups in total. The van der Waals surface area contributed by atoms with Crippen LogP contribution in [0.25, 0.3) is 0 Å². The third kappa shape index (κ3) is 61.2. The number of carboxylic acids is 2. The number of amides is 11. The summed E-state index contributed by atoms with van der Waals surface area (Å²) in [5.41, 5.74) is 8.62. The molecule has 0 fully saturated rings. The van der Waals surface area contributed by atoms with Gasteiger partial charge in [-0.15, -0.1) is 12.4 Å². The molecule has 35 nitrogen and oxygen atoms in total. The molecular weight excluding hydrogens is 1970 g/mol. The number of alkyl carbamates (subject to hydrolysis) is 3. The van der Waals surface area contributed by atoms with Gasteiger partial charge in [0, 0.05) is 56.7 Å². The second kappa shape index (κ2) is 72.3. The molecule has 0 aliphatic carbocycles. The Morgan fingerprint density at radius 1 is 0.300 bits per heavy atom. The Balaban J connectivity index is 0.00000206. The minimum absolute atomic E-state index is 0. The average molecular weight is 2130 g/mol. The van der Waals surface area contributed by atoms with Crippen LogP contribution in [-0.2, 0) is 120 Å². The number of halogens is 4. The average Bonchev–Trinajstić information content (AvgIpc) is 0.849. The van der Waals surface area contributed by atoms with E-state index in [-0.39, 0.29) is 158 Å². The Kier molecular flexibility index (Phi) is 66.4. The molecule has 0 aliphatic heterocycles. The number of carbonyl (C=O) groups is 15. The van der Waals surface area contributed by atoms with Crippen molar-refractivity contribution in [1.82, 2.24) is 58.5 Å². The number of nitrogens with one attached hydrogen (secondary N) is 11. The molecule has 150 heavy (non-hydrogen) atoms. The maximum atomic E-state index is 13.8. The summed E-state index contributed by atoms with van der Waals surface area (Å²) in [5, 5.41) is 49.1. The van der Waals surface area contributed by atoms with E-state index >= 15 is 0 Å². The van der Waals surface area contributed by atoms with Crippen molar-refractivity contribution in [1.29, 1.82) is 0 Å². The normalized spacial score (nSPS) is 13.4. The Morgan fingerprint density at radius 3 is 0.787 bits per heavy atom. The summed E-state index contributed by atoms with van der Waals surface area (Å²) in [6.45, 7) is 33.6. The van der Waals surface area contributed by atoms with Crippen LogP contribution in [0.5, 0.6) is 0 Å². The number of unbranched alkanes of at least 4 members (excludes halogenated alkanes) is 3. The number of hydrogen-bond acceptors (Lipinski definition) is 22. The number of benzene rings is 6. The van der Waals surface area contributed by atoms with Gasteiger partial charge in [-0.3, -0.25) is 43.2 Å². The summed E-state index contributed by atoms with van der Waals surface area (Å²) in [6.07, 6.45) is 5.14. The second-order valence-electron chi connectivity index (χ2n) is 40.7. The monoisotopic (exact) mass is 2130 g/mol. The van der Waals surface area contributed by atoms with Gasteiger partial charge in [-0.05, 0) is 246 Å². The summed E-state index contributed by atoms with van der Waals surface area (Å²) in [4.78, 5) is 189. The Bertz CT molecular complexity index is 5070. The van der Waals surface area contributed by atoms with Crippen LogP contribution >= 0.6 is 12.4 Å². The molecule has 0 spiro atoms. The van der Waals surface area contributed by atoms with E-state index in [4.69, 9.17) is 24.7 Å². The molecule has 6 aromatic rings. The number of aliphatic carboxylic acids is 2. The zero-order chi connectivity index (χ0) is 110. The minimum atomic E-state index is -1.22. The van der Waals surface area contributed by atoms with Crippen molar-refractivity contribution in [3.05, 3.63) is 215 Å². The molecule has 12 atom stereocenters. The third-order valence-electron chi connectivity index (χ3n) is 22.2. The Hall–Kier alpha value is -12.2. The van der Waals surface area contributed by atoms with Crippen molar-refractivity contribution in [2.24, 2.45) is 41.2 Å². The van der Waals surface area contributed by atoms with E-state index in [1.807, 2.05) is 153 Å². The molecule has 40 heteroatoms. The second-order valence-corrected chi connectivity index (χ2v) is 40.7. The fourth-order valence-corrected chi connectivity index (χ4v) is 14.6. The minimum Gasteiger partial charge on any atom is -0.870 e. The number of methoxy groups -OCH3 is 2. The van der Waals surface area contributed by atoms with Crippen LogP contribution in [0, 0.1) is 53.0 Å². The Labute approximate surface area is 909 Å². The summed E-state index contributed by atoms with van der Waals surface area (Å²) in [6, 6.07) is 36.4. The van der Waals surface area contributed by atoms with E-state index in [2.05, 4.69) is 63.2 Å². The van der Waals surface area contributed by atoms with Crippen molar-refractivity contribution in [2.45, 2.75) is 311 Å². The number of esters is 2. The number of nitrogens with two attached hydrogens (primary N) is 1. The van der Waals surface area contributed by atoms with Crippen LogP contribution < -0.4 is 93.8 Å². The first-order valence-corrected chi connectivity index (χ1v) is 50.1. The standard InChI is InChI=1S/C37H53FN4O7.C36H51FN4O7.C25H31FN2O4.C12H24N2O4.ClH.Na.H2O/c1-24(2)21-30(33(44)40-29(35(46)48-7)15-11-12-20-39-36(47)49-37(4,5)6)42-34(45)31(23-26-13-9-8-10-14-26)41-32(43)25(3)22-27-16-18-28(38)19-17-27;1-23(2)20-29(32(43)39-28(34(45)46)14-10-11-19-38-35(47)48-36(4,5)6)41-33(44)30(22-25-12-8-7-9-13-25)40-31(42)24(3)21-26-15-17-27(37)18-16-26;1-16(2)13-22(25(31)32)28-24(30)21(15-18-7-5-4-6-8-18)27-23(29)17(3)14-19-9-11-20(26)12-10-19;1-12(2,3)18-11(16)14-8-6-5-7-9(13)10(15)17-4;;;/h8-10,13-14,16-19,24-25,29-31H,11-12,15,20-23H2,1-7H3,(H,39,47)(H,40,44)(H,41,43)(H,42,45);7-9,12-13,15-18,23-24,28-30H,10-11,14,19-22H2,1-6H3,(H,38,47)(H,39,43)(H,40,42)(H,41,44)(H,45,46);4-12,16-17,21-22H,13-15H2,1-3H3,(H,27,29)(H,28,30)(H,31,32);9H,5-8,13H2,1-4H3,(H,14,16);1H;;1H2/q;;;;;+1;/p-1/t25-,29-,30-,31-;24-,28-,29-,30-;17-,21-,22-;9-;;;/m1111.../s1. The van der Waals surface area contributed by atoms with Gasteiger partial charge in [0.1, 0.15) is 88.6 Å². The molecule has 0 aromatic heterocycles. The number of rotatable bonds is 53. The van der Waals surface area contributed by atoms with Gasteiger partial charge in [0.05, 0.1) is 14.2 Å². The smallest absolute Gasteiger partial charge is 0.870 e. The number of ether oxygens (including phenoxy) is 5. The molecule has 0 radical (unpaired) electrons. The zero-order valence-electron chi connectivity index (χ0n) is 90.7. The van der Waals surface area contributed by atoms with Crippen molar-refractivity contribution >= 4 is 102 Å². The van der Waals surface area contributed by atoms with Crippen molar-refractivity contribution in [3.8, 4) is 0 Å². The van der Waals surface area contributed by atoms with Crippen LogP contribution in [0.2, 0.25) is 0 Å². The van der Waals surface area contributed by atoms with Gasteiger partial charge in [0.25, 0.3) is 0 Å². The van der Waals surface area contributed by atoms with Crippen LogP contribution in [0.4, 0.5) is 27.6 Å². The maximum Gasteiger partial charge on any atom is 1.00 e. The van der Waals surface area contributed by atoms with Crippen LogP contribution in [0.3, 0.4) is 0 Å². The van der Waals surface area contributed by atoms with Crippen molar-refractivity contribution in [3.63, 3.8) is 0 Å². The molecule has 0 saturated heterocycles. The first kappa shape index (κ1) is 138. The fraction of sp³-hybridized carbons (Fsp3) is 0.536. The predicted octanol–water partition coefficient (Wildman–Crippen LogP) is 10.9. The van der Waals surface area contributed by atoms with Crippen molar-refractivity contribution in [2.75, 3.05) is 33.9 Å². The third-order valence-corrected chi connectivity index (χ3v) is 22.2. The van der Waals surface area contributed by atoms with E-state index < -0.39 is 161 Å². The van der Waals surface area contributed by atoms with Gasteiger partial charge in [-0.1, -0.05) is 190 Å². The molecule has 0 heterocycles. The van der Waals surface area contributed by atoms with Gasteiger partial charge in [0.15, 0.2) is 0 Å². The Morgan fingerprint density at radius 2 is 0.527 bits per heavy atom. The number of carbonyl (C=O) groups excluding carboxylic acids is 13. The molecule has 11 amide bonds. The summed E-state index contributed by atoms with van der Waals surface area (Å²) >= 11 is 0. The molecule has 0 saturated carbocycles. The van der Waals surface area contributed by atoms with E-state index in [1.54, 1.807) is 98.7 Å². The molecule has 6 rings (SSSR count). The first-order chi connectivity index (χ1) is 69.0. The summed E-state index contributed by atoms with van der Waals surface area (Å²) in [7, 11) is 2.54. The number of hydrogen-bond donors (Lipinski definition) is 14.